The molecule has 0 spiro atoms. The molecule has 142 valence electrons. The summed E-state index contributed by atoms with van der Waals surface area (Å²) in [4.78, 5) is 9.57. The Labute approximate surface area is 167 Å². The number of nitrogens with one attached hydrogen (secondary N) is 1. The fourth-order valence-corrected chi connectivity index (χ4v) is 4.87. The first-order valence-corrected chi connectivity index (χ1v) is 12.5. The van der Waals surface area contributed by atoms with Gasteiger partial charge in [-0.05, 0) is 0 Å². The van der Waals surface area contributed by atoms with Crippen molar-refractivity contribution in [3.05, 3.63) is 60.2 Å². The maximum absolute atomic E-state index is 11.4. The van der Waals surface area contributed by atoms with Crippen LogP contribution in [0.5, 0.6) is 5.75 Å². The topological polar surface area (TPSA) is 105 Å². The fourth-order valence-electron chi connectivity index (χ4n) is 2.83. The molecule has 0 bridgehead atoms. The molecule has 4 aromatic rings. The number of fused-ring (bicyclic) bond motifs is 1. The van der Waals surface area contributed by atoms with Gasteiger partial charge in [0.05, 0.1) is 7.11 Å². The molecule has 2 heterocycles. The molecule has 0 aliphatic heterocycles. The first kappa shape index (κ1) is 18.7. The van der Waals surface area contributed by atoms with Crippen LogP contribution in [-0.2, 0) is 3.74 Å². The number of hydrogen-bond donors (Lipinski definition) is 3. The van der Waals surface area contributed by atoms with Gasteiger partial charge >= 0.3 is 156 Å². The molecule has 0 atom stereocenters. The Kier molecular flexibility index (Phi) is 4.95. The predicted octanol–water partition coefficient (Wildman–Crippen LogP) is 2.67. The Hall–Kier alpha value is -2.64. The SMILES string of the molecule is COc1ccc(-c2csc3ncnc(Nc4ccc([As](=O)(O)O)cc4)c23)cc1. The molecule has 0 saturated carbocycles. The maximum atomic E-state index is 11.4. The van der Waals surface area contributed by atoms with Crippen LogP contribution in [-0.4, -0.2) is 39.4 Å². The number of thiophene rings is 1. The Morgan fingerprint density at radius 1 is 1.04 bits per heavy atom. The first-order valence-electron chi connectivity index (χ1n) is 8.25. The molecule has 0 unspecified atom stereocenters. The summed E-state index contributed by atoms with van der Waals surface area (Å²) in [5.74, 6) is 1.41. The van der Waals surface area contributed by atoms with E-state index in [2.05, 4.69) is 15.3 Å². The Balaban J connectivity index is 1.73. The van der Waals surface area contributed by atoms with Crippen molar-refractivity contribution in [3.63, 3.8) is 0 Å². The van der Waals surface area contributed by atoms with E-state index >= 15 is 0 Å². The van der Waals surface area contributed by atoms with Crippen molar-refractivity contribution >= 4 is 51.6 Å². The molecule has 2 aromatic heterocycles. The number of rotatable bonds is 5. The zero-order valence-corrected chi connectivity index (χ0v) is 17.4. The average molecular weight is 457 g/mol. The monoisotopic (exact) mass is 457 g/mol. The summed E-state index contributed by atoms with van der Waals surface area (Å²) in [5, 5.41) is 6.15. The average Bonchev–Trinajstić information content (AvgIpc) is 3.13. The van der Waals surface area contributed by atoms with E-state index in [0.29, 0.717) is 11.5 Å². The summed E-state index contributed by atoms with van der Waals surface area (Å²) in [6, 6.07) is 13.9. The van der Waals surface area contributed by atoms with E-state index in [1.807, 2.05) is 29.6 Å². The first-order chi connectivity index (χ1) is 13.5. The molecule has 3 N–H and O–H groups in total. The molecule has 0 fully saturated rings. The third kappa shape index (κ3) is 3.68. The second kappa shape index (κ2) is 7.41. The standard InChI is InChI=1S/C19H16AsN3O4S/c1-27-15-8-2-12(3-9-15)16-10-28-19-17(16)18(21-11-22-19)23-14-6-4-13(5-7-14)20(24,25)26/h2-11H,1H3,(H,21,22,23)(H2,24,25,26). The van der Waals surface area contributed by atoms with Crippen LogP contribution in [0.1, 0.15) is 0 Å². The zero-order chi connectivity index (χ0) is 19.7. The van der Waals surface area contributed by atoms with Crippen molar-refractivity contribution in [1.82, 2.24) is 9.97 Å². The van der Waals surface area contributed by atoms with E-state index in [-0.39, 0.29) is 4.35 Å². The van der Waals surface area contributed by atoms with Crippen LogP contribution in [0.3, 0.4) is 0 Å². The second-order valence-electron chi connectivity index (χ2n) is 6.00. The fraction of sp³-hybridized carbons (Fsp3) is 0.0526. The number of aromatic nitrogens is 2. The van der Waals surface area contributed by atoms with Crippen LogP contribution in [0.2, 0.25) is 0 Å². The summed E-state index contributed by atoms with van der Waals surface area (Å²) in [7, 11) is 1.63. The van der Waals surface area contributed by atoms with Gasteiger partial charge in [0.1, 0.15) is 0 Å². The summed E-state index contributed by atoms with van der Waals surface area (Å²) in [6.07, 6.45) is 1.49. The minimum atomic E-state index is -4.90. The normalized spacial score (nSPS) is 11.5. The number of ether oxygens (including phenoxy) is 1. The van der Waals surface area contributed by atoms with Crippen molar-refractivity contribution in [3.8, 4) is 16.9 Å². The molecule has 0 aliphatic carbocycles. The molecule has 0 saturated heterocycles. The molecule has 9 heteroatoms. The van der Waals surface area contributed by atoms with Crippen molar-refractivity contribution < 1.29 is 16.7 Å². The molecule has 4 rings (SSSR count). The second-order valence-corrected chi connectivity index (χ2v) is 10.2. The summed E-state index contributed by atoms with van der Waals surface area (Å²) in [5.41, 5.74) is 2.70. The van der Waals surface area contributed by atoms with Gasteiger partial charge in [0, 0.05) is 0 Å². The van der Waals surface area contributed by atoms with Gasteiger partial charge in [0.15, 0.2) is 0 Å². The number of hydrogen-bond acceptors (Lipinski definition) is 6. The third-order valence-corrected chi connectivity index (χ3v) is 7.16. The third-order valence-electron chi connectivity index (χ3n) is 4.24. The van der Waals surface area contributed by atoms with Crippen LogP contribution in [0.25, 0.3) is 21.3 Å². The Morgan fingerprint density at radius 3 is 2.39 bits per heavy atom. The predicted molar refractivity (Wildman–Crippen MR) is 110 cm³/mol. The van der Waals surface area contributed by atoms with E-state index in [0.717, 1.165) is 27.1 Å². The van der Waals surface area contributed by atoms with Crippen LogP contribution >= 0.6 is 11.3 Å². The van der Waals surface area contributed by atoms with Crippen LogP contribution < -0.4 is 14.4 Å². The number of nitrogens with zero attached hydrogens (tertiary/aromatic N) is 2. The molecule has 0 radical (unpaired) electrons. The van der Waals surface area contributed by atoms with E-state index in [9.17, 15) is 11.9 Å². The van der Waals surface area contributed by atoms with E-state index in [1.54, 1.807) is 19.2 Å². The van der Waals surface area contributed by atoms with Gasteiger partial charge in [0.25, 0.3) is 0 Å². The van der Waals surface area contributed by atoms with Gasteiger partial charge in [-0.15, -0.1) is 0 Å². The van der Waals surface area contributed by atoms with E-state index in [1.165, 1.54) is 29.8 Å². The van der Waals surface area contributed by atoms with Crippen molar-refractivity contribution in [2.45, 2.75) is 0 Å². The van der Waals surface area contributed by atoms with Crippen LogP contribution in [0.15, 0.2) is 60.2 Å². The van der Waals surface area contributed by atoms with Crippen molar-refractivity contribution in [2.24, 2.45) is 0 Å². The van der Waals surface area contributed by atoms with Gasteiger partial charge in [-0.25, -0.2) is 0 Å². The van der Waals surface area contributed by atoms with Crippen LogP contribution in [0, 0.1) is 0 Å². The summed E-state index contributed by atoms with van der Waals surface area (Å²) >= 11 is -3.37. The summed E-state index contributed by atoms with van der Waals surface area (Å²) < 4.78 is 35.3. The number of methoxy groups -OCH3 is 1. The van der Waals surface area contributed by atoms with Gasteiger partial charge in [-0.3, -0.25) is 0 Å². The summed E-state index contributed by atoms with van der Waals surface area (Å²) in [6.45, 7) is 0. The van der Waals surface area contributed by atoms with Crippen LogP contribution in [0.4, 0.5) is 11.5 Å². The molecular weight excluding hydrogens is 441 g/mol. The van der Waals surface area contributed by atoms with E-state index in [4.69, 9.17) is 4.74 Å². The van der Waals surface area contributed by atoms with Crippen molar-refractivity contribution in [1.29, 1.82) is 0 Å². The van der Waals surface area contributed by atoms with E-state index < -0.39 is 14.2 Å². The van der Waals surface area contributed by atoms with Gasteiger partial charge in [-0.1, -0.05) is 0 Å². The number of benzene rings is 2. The number of anilines is 2. The van der Waals surface area contributed by atoms with Gasteiger partial charge in [0.2, 0.25) is 0 Å². The Morgan fingerprint density at radius 2 is 1.75 bits per heavy atom. The minimum absolute atomic E-state index is 0.0333. The molecule has 28 heavy (non-hydrogen) atoms. The Bertz CT molecular complexity index is 1170. The molecule has 7 nitrogen and oxygen atoms in total. The molecule has 0 aliphatic rings. The quantitative estimate of drug-likeness (QED) is 0.396. The zero-order valence-electron chi connectivity index (χ0n) is 14.7. The molecular formula is C19H16AsN3O4S. The van der Waals surface area contributed by atoms with Crippen molar-refractivity contribution in [2.75, 3.05) is 12.4 Å². The molecule has 2 aromatic carbocycles. The van der Waals surface area contributed by atoms with Gasteiger partial charge < -0.3 is 4.74 Å². The van der Waals surface area contributed by atoms with Gasteiger partial charge in [-0.2, -0.15) is 0 Å². The molecule has 0 amide bonds.